The first-order valence-electron chi connectivity index (χ1n) is 8.08. The summed E-state index contributed by atoms with van der Waals surface area (Å²) in [7, 11) is 0. The van der Waals surface area contributed by atoms with Crippen molar-refractivity contribution in [2.24, 2.45) is 11.3 Å². The van der Waals surface area contributed by atoms with E-state index in [1.807, 2.05) is 21.7 Å². The lowest BCUT2D eigenvalue weighted by Gasteiger charge is -2.38. The van der Waals surface area contributed by atoms with Gasteiger partial charge in [0.2, 0.25) is 0 Å². The average Bonchev–Trinajstić information content (AvgIpc) is 2.78. The highest BCUT2D eigenvalue weighted by Gasteiger charge is 2.31. The fourth-order valence-electron chi connectivity index (χ4n) is 3.25. The van der Waals surface area contributed by atoms with Crippen molar-refractivity contribution >= 4 is 11.6 Å². The van der Waals surface area contributed by atoms with Crippen molar-refractivity contribution in [1.29, 1.82) is 0 Å². The van der Waals surface area contributed by atoms with Crippen LogP contribution >= 0.6 is 0 Å². The van der Waals surface area contributed by atoms with E-state index < -0.39 is 0 Å². The van der Waals surface area contributed by atoms with Crippen molar-refractivity contribution in [3.05, 3.63) is 18.0 Å². The minimum Gasteiger partial charge on any atom is -0.397 e. The molecule has 1 aliphatic rings. The zero-order chi connectivity index (χ0) is 15.6. The molecule has 118 valence electrons. The summed E-state index contributed by atoms with van der Waals surface area (Å²) in [6.07, 6.45) is 5.07. The lowest BCUT2D eigenvalue weighted by atomic mass is 9.75. The molecule has 0 atom stereocenters. The van der Waals surface area contributed by atoms with Crippen LogP contribution in [0.3, 0.4) is 0 Å². The number of carbonyl (C=O) groups is 1. The Hall–Kier alpha value is -1.45. The van der Waals surface area contributed by atoms with Crippen LogP contribution in [0.2, 0.25) is 0 Å². The van der Waals surface area contributed by atoms with E-state index in [-0.39, 0.29) is 5.91 Å². The third kappa shape index (κ3) is 3.60. The van der Waals surface area contributed by atoms with Crippen molar-refractivity contribution < 1.29 is 4.79 Å². The molecule has 2 N–H and O–H groups in total. The number of carbonyl (C=O) groups excluding carboxylic acids is 1. The third-order valence-corrected chi connectivity index (χ3v) is 4.61. The van der Waals surface area contributed by atoms with Gasteiger partial charge < -0.3 is 15.2 Å². The second-order valence-corrected chi connectivity index (χ2v) is 7.28. The van der Waals surface area contributed by atoms with Gasteiger partial charge in [-0.15, -0.1) is 0 Å². The number of nitrogen functional groups attached to an aromatic ring is 1. The molecular formula is C17H29N3O. The Bertz CT molecular complexity index is 491. The van der Waals surface area contributed by atoms with Gasteiger partial charge >= 0.3 is 0 Å². The molecule has 0 unspecified atom stereocenters. The van der Waals surface area contributed by atoms with E-state index in [1.165, 1.54) is 0 Å². The maximum Gasteiger partial charge on any atom is 0.270 e. The van der Waals surface area contributed by atoms with E-state index in [1.54, 1.807) is 0 Å². The smallest absolute Gasteiger partial charge is 0.270 e. The van der Waals surface area contributed by atoms with E-state index in [4.69, 9.17) is 5.73 Å². The minimum absolute atomic E-state index is 0.132. The van der Waals surface area contributed by atoms with Gasteiger partial charge in [0.25, 0.3) is 5.91 Å². The molecule has 1 fully saturated rings. The molecule has 0 bridgehead atoms. The van der Waals surface area contributed by atoms with Crippen molar-refractivity contribution in [3.63, 3.8) is 0 Å². The van der Waals surface area contributed by atoms with Crippen LogP contribution in [0, 0.1) is 11.3 Å². The summed E-state index contributed by atoms with van der Waals surface area (Å²) in [4.78, 5) is 14.7. The Morgan fingerprint density at radius 2 is 1.95 bits per heavy atom. The number of hydrogen-bond donors (Lipinski definition) is 1. The summed E-state index contributed by atoms with van der Waals surface area (Å²) in [5.74, 6) is 0.835. The van der Waals surface area contributed by atoms with Crippen molar-refractivity contribution in [2.45, 2.75) is 53.5 Å². The zero-order valence-corrected chi connectivity index (χ0v) is 13.9. The van der Waals surface area contributed by atoms with Gasteiger partial charge in [0.1, 0.15) is 5.69 Å². The fraction of sp³-hybridized carbons (Fsp3) is 0.706. The summed E-state index contributed by atoms with van der Waals surface area (Å²) in [6.45, 7) is 11.6. The van der Waals surface area contributed by atoms with Crippen LogP contribution in [0.5, 0.6) is 0 Å². The van der Waals surface area contributed by atoms with E-state index in [0.717, 1.165) is 44.6 Å². The first-order chi connectivity index (χ1) is 9.82. The van der Waals surface area contributed by atoms with Crippen molar-refractivity contribution in [3.8, 4) is 0 Å². The van der Waals surface area contributed by atoms with Crippen LogP contribution in [-0.2, 0) is 6.54 Å². The maximum atomic E-state index is 12.7. The summed E-state index contributed by atoms with van der Waals surface area (Å²) in [6, 6.07) is 1.81. The quantitative estimate of drug-likeness (QED) is 0.928. The summed E-state index contributed by atoms with van der Waals surface area (Å²) in [5.41, 5.74) is 7.62. The largest absolute Gasteiger partial charge is 0.397 e. The molecule has 2 rings (SSSR count). The first kappa shape index (κ1) is 15.9. The molecule has 1 aromatic rings. The van der Waals surface area contributed by atoms with E-state index >= 15 is 0 Å². The average molecular weight is 291 g/mol. The van der Waals surface area contributed by atoms with Crippen molar-refractivity contribution in [2.75, 3.05) is 18.8 Å². The Labute approximate surface area is 128 Å². The fourth-order valence-corrected chi connectivity index (χ4v) is 3.25. The SMILES string of the molecule is CCCn1cc(N)cc1C(=O)N1CCC(C(C)(C)C)CC1. The van der Waals surface area contributed by atoms with Gasteiger partial charge in [0.05, 0.1) is 5.69 Å². The standard InChI is InChI=1S/C17H29N3O/c1-5-8-20-12-14(18)11-15(20)16(21)19-9-6-13(7-10-19)17(2,3)4/h11-13H,5-10,18H2,1-4H3. The molecule has 1 saturated heterocycles. The highest BCUT2D eigenvalue weighted by atomic mass is 16.2. The molecule has 0 radical (unpaired) electrons. The maximum absolute atomic E-state index is 12.7. The van der Waals surface area contributed by atoms with Crippen LogP contribution in [0.15, 0.2) is 12.3 Å². The number of amides is 1. The number of likely N-dealkylation sites (tertiary alicyclic amines) is 1. The lowest BCUT2D eigenvalue weighted by molar-refractivity contribution is 0.0598. The van der Waals surface area contributed by atoms with Crippen LogP contribution in [0.1, 0.15) is 57.4 Å². The predicted octanol–water partition coefficient (Wildman–Crippen LogP) is 3.38. The third-order valence-electron chi connectivity index (χ3n) is 4.61. The van der Waals surface area contributed by atoms with Gasteiger partial charge in [-0.2, -0.15) is 0 Å². The number of nitrogens with two attached hydrogens (primary N) is 1. The van der Waals surface area contributed by atoms with Crippen LogP contribution in [0.4, 0.5) is 5.69 Å². The number of aryl methyl sites for hydroxylation is 1. The highest BCUT2D eigenvalue weighted by molar-refractivity contribution is 5.93. The molecule has 4 nitrogen and oxygen atoms in total. The van der Waals surface area contributed by atoms with E-state index in [0.29, 0.717) is 17.0 Å². The summed E-state index contributed by atoms with van der Waals surface area (Å²) in [5, 5.41) is 0. The molecule has 0 aromatic carbocycles. The zero-order valence-electron chi connectivity index (χ0n) is 13.9. The van der Waals surface area contributed by atoms with Gasteiger partial charge in [0.15, 0.2) is 0 Å². The molecule has 1 aliphatic heterocycles. The number of piperidine rings is 1. The topological polar surface area (TPSA) is 51.3 Å². The molecule has 4 heteroatoms. The number of anilines is 1. The number of nitrogens with zero attached hydrogens (tertiary/aromatic N) is 2. The molecule has 21 heavy (non-hydrogen) atoms. The molecule has 2 heterocycles. The molecule has 0 spiro atoms. The van der Waals surface area contributed by atoms with Gasteiger partial charge in [-0.05, 0) is 36.7 Å². The van der Waals surface area contributed by atoms with Crippen LogP contribution in [0.25, 0.3) is 0 Å². The molecule has 0 aliphatic carbocycles. The Morgan fingerprint density at radius 1 is 1.33 bits per heavy atom. The number of rotatable bonds is 3. The summed E-state index contributed by atoms with van der Waals surface area (Å²) >= 11 is 0. The second kappa shape index (κ2) is 6.12. The molecule has 1 amide bonds. The highest BCUT2D eigenvalue weighted by Crippen LogP contribution is 2.34. The van der Waals surface area contributed by atoms with E-state index in [9.17, 15) is 4.79 Å². The van der Waals surface area contributed by atoms with Gasteiger partial charge in [-0.25, -0.2) is 0 Å². The van der Waals surface area contributed by atoms with Gasteiger partial charge in [0, 0.05) is 25.8 Å². The minimum atomic E-state index is 0.132. The normalized spacial score (nSPS) is 17.2. The van der Waals surface area contributed by atoms with E-state index in [2.05, 4.69) is 27.7 Å². The first-order valence-corrected chi connectivity index (χ1v) is 8.08. The molecular weight excluding hydrogens is 262 g/mol. The van der Waals surface area contributed by atoms with Crippen LogP contribution in [-0.4, -0.2) is 28.5 Å². The second-order valence-electron chi connectivity index (χ2n) is 7.28. The van der Waals surface area contributed by atoms with Crippen molar-refractivity contribution in [1.82, 2.24) is 9.47 Å². The Balaban J connectivity index is 2.05. The summed E-state index contributed by atoms with van der Waals surface area (Å²) < 4.78 is 1.99. The molecule has 0 saturated carbocycles. The molecule has 1 aromatic heterocycles. The predicted molar refractivity (Wildman–Crippen MR) is 87.2 cm³/mol. The lowest BCUT2D eigenvalue weighted by Crippen LogP contribution is -2.42. The van der Waals surface area contributed by atoms with Gasteiger partial charge in [-0.3, -0.25) is 4.79 Å². The Morgan fingerprint density at radius 3 is 2.48 bits per heavy atom. The van der Waals surface area contributed by atoms with Crippen LogP contribution < -0.4 is 5.73 Å². The number of hydrogen-bond acceptors (Lipinski definition) is 2. The number of aromatic nitrogens is 1. The van der Waals surface area contributed by atoms with Gasteiger partial charge in [-0.1, -0.05) is 27.7 Å². The Kier molecular flexibility index (Phi) is 4.64. The monoisotopic (exact) mass is 291 g/mol.